The number of hydrogen-bond acceptors (Lipinski definition) is 3. The van der Waals surface area contributed by atoms with Crippen LogP contribution in [0.1, 0.15) is 5.56 Å². The molecule has 0 spiro atoms. The Morgan fingerprint density at radius 3 is 2.54 bits per heavy atom. The van der Waals surface area contributed by atoms with Gasteiger partial charge in [-0.2, -0.15) is 0 Å². The van der Waals surface area contributed by atoms with Crippen LogP contribution in [0.15, 0.2) is 40.6 Å². The lowest BCUT2D eigenvalue weighted by Gasteiger charge is -2.00. The van der Waals surface area contributed by atoms with E-state index in [4.69, 9.17) is 5.73 Å². The van der Waals surface area contributed by atoms with E-state index in [1.807, 2.05) is 12.1 Å². The van der Waals surface area contributed by atoms with E-state index in [0.29, 0.717) is 11.4 Å². The van der Waals surface area contributed by atoms with Gasteiger partial charge in [0, 0.05) is 17.3 Å². The van der Waals surface area contributed by atoms with Gasteiger partial charge in [0.25, 0.3) is 5.91 Å². The van der Waals surface area contributed by atoms with Gasteiger partial charge in [0.15, 0.2) is 0 Å². The van der Waals surface area contributed by atoms with E-state index in [0.717, 1.165) is 5.56 Å². The number of nitrogens with zero attached hydrogens (tertiary/aromatic N) is 2. The zero-order valence-corrected chi connectivity index (χ0v) is 6.77. The quantitative estimate of drug-likeness (QED) is 0.655. The van der Waals surface area contributed by atoms with Crippen LogP contribution in [-0.2, 0) is 4.79 Å². The van der Waals surface area contributed by atoms with E-state index < -0.39 is 0 Å². The van der Waals surface area contributed by atoms with E-state index in [2.05, 4.69) is 10.2 Å². The van der Waals surface area contributed by atoms with Crippen molar-refractivity contribution in [3.8, 4) is 0 Å². The van der Waals surface area contributed by atoms with Gasteiger partial charge in [-0.1, -0.05) is 18.2 Å². The number of benzene rings is 1. The van der Waals surface area contributed by atoms with Crippen LogP contribution in [-0.4, -0.2) is 5.91 Å². The molecule has 2 N–H and O–H groups in total. The van der Waals surface area contributed by atoms with Crippen molar-refractivity contribution in [3.63, 3.8) is 0 Å². The van der Waals surface area contributed by atoms with Crippen molar-refractivity contribution >= 4 is 17.3 Å². The zero-order chi connectivity index (χ0) is 9.26. The molecule has 4 heteroatoms. The molecule has 0 aliphatic carbocycles. The maximum absolute atomic E-state index is 10.8. The Labute approximate surface area is 74.8 Å². The van der Waals surface area contributed by atoms with E-state index >= 15 is 0 Å². The molecule has 0 unspecified atom stereocenters. The third-order valence-electron chi connectivity index (χ3n) is 1.75. The summed E-state index contributed by atoms with van der Waals surface area (Å²) in [6, 6.07) is 7.23. The normalized spacial score (nSPS) is 14.8. The third kappa shape index (κ3) is 1.33. The molecule has 0 fully saturated rings. The predicted molar refractivity (Wildman–Crippen MR) is 48.7 cm³/mol. The smallest absolute Gasteiger partial charge is 0.290 e. The van der Waals surface area contributed by atoms with Gasteiger partial charge in [-0.15, -0.1) is 10.2 Å². The van der Waals surface area contributed by atoms with Crippen molar-refractivity contribution in [2.24, 2.45) is 10.2 Å². The molecular weight excluding hydrogens is 166 g/mol. The van der Waals surface area contributed by atoms with Crippen LogP contribution in [0.2, 0.25) is 0 Å². The Kier molecular flexibility index (Phi) is 1.66. The van der Waals surface area contributed by atoms with Crippen molar-refractivity contribution in [2.75, 3.05) is 5.73 Å². The molecule has 0 bridgehead atoms. The summed E-state index contributed by atoms with van der Waals surface area (Å²) in [5.74, 6) is -0.335. The van der Waals surface area contributed by atoms with E-state index in [-0.39, 0.29) is 5.91 Å². The molecule has 1 aliphatic rings. The van der Waals surface area contributed by atoms with Gasteiger partial charge < -0.3 is 5.73 Å². The fourth-order valence-corrected chi connectivity index (χ4v) is 1.14. The third-order valence-corrected chi connectivity index (χ3v) is 1.75. The summed E-state index contributed by atoms with van der Waals surface area (Å²) in [6.45, 7) is 0. The maximum atomic E-state index is 10.8. The summed E-state index contributed by atoms with van der Waals surface area (Å²) in [6.07, 6.45) is 1.37. The van der Waals surface area contributed by atoms with E-state index in [1.165, 1.54) is 6.08 Å². The minimum Gasteiger partial charge on any atom is -0.398 e. The fourth-order valence-electron chi connectivity index (χ4n) is 1.14. The van der Waals surface area contributed by atoms with Gasteiger partial charge in [0.2, 0.25) is 0 Å². The van der Waals surface area contributed by atoms with Crippen LogP contribution in [0.25, 0.3) is 5.70 Å². The highest BCUT2D eigenvalue weighted by atomic mass is 16.1. The molecule has 1 amide bonds. The molecule has 0 aromatic heterocycles. The summed E-state index contributed by atoms with van der Waals surface area (Å²) in [4.78, 5) is 10.8. The molecule has 1 aromatic carbocycles. The molecule has 0 atom stereocenters. The van der Waals surface area contributed by atoms with Gasteiger partial charge in [-0.05, 0) is 6.07 Å². The van der Waals surface area contributed by atoms with Gasteiger partial charge >= 0.3 is 0 Å². The number of carbonyl (C=O) groups is 1. The number of nitrogens with two attached hydrogens (primary N) is 1. The van der Waals surface area contributed by atoms with Crippen molar-refractivity contribution in [3.05, 3.63) is 35.9 Å². The lowest BCUT2D eigenvalue weighted by Crippen LogP contribution is -1.90. The van der Waals surface area contributed by atoms with Gasteiger partial charge in [0.05, 0.1) is 0 Å². The van der Waals surface area contributed by atoms with Crippen LogP contribution in [0.3, 0.4) is 0 Å². The molecule has 4 nitrogen and oxygen atoms in total. The summed E-state index contributed by atoms with van der Waals surface area (Å²) in [5, 5.41) is 7.08. The fraction of sp³-hybridized carbons (Fsp3) is 0. The van der Waals surface area contributed by atoms with Crippen molar-refractivity contribution in [1.82, 2.24) is 0 Å². The van der Waals surface area contributed by atoms with Crippen LogP contribution < -0.4 is 5.73 Å². The average Bonchev–Trinajstić information content (AvgIpc) is 2.53. The lowest BCUT2D eigenvalue weighted by atomic mass is 10.1. The van der Waals surface area contributed by atoms with Gasteiger partial charge in [-0.25, -0.2) is 0 Å². The topological polar surface area (TPSA) is 67.8 Å². The van der Waals surface area contributed by atoms with E-state index in [1.54, 1.807) is 12.1 Å². The number of para-hydroxylation sites is 1. The predicted octanol–water partition coefficient (Wildman–Crippen LogP) is 1.60. The second-order valence-electron chi connectivity index (χ2n) is 2.66. The Morgan fingerprint density at radius 1 is 1.15 bits per heavy atom. The number of anilines is 1. The molecule has 13 heavy (non-hydrogen) atoms. The van der Waals surface area contributed by atoms with Crippen LogP contribution in [0.5, 0.6) is 0 Å². The Balaban J connectivity index is 2.48. The largest absolute Gasteiger partial charge is 0.398 e. The molecule has 0 saturated heterocycles. The number of amides is 1. The Hall–Kier alpha value is -1.97. The summed E-state index contributed by atoms with van der Waals surface area (Å²) in [5.41, 5.74) is 7.57. The number of rotatable bonds is 1. The Morgan fingerprint density at radius 2 is 1.92 bits per heavy atom. The molecule has 2 rings (SSSR count). The average molecular weight is 173 g/mol. The molecule has 1 aliphatic heterocycles. The monoisotopic (exact) mass is 173 g/mol. The summed E-state index contributed by atoms with van der Waals surface area (Å²) in [7, 11) is 0. The lowest BCUT2D eigenvalue weighted by molar-refractivity contribution is -0.113. The van der Waals surface area contributed by atoms with Gasteiger partial charge in [0.1, 0.15) is 5.70 Å². The molecule has 0 saturated carbocycles. The molecule has 64 valence electrons. The first-order valence-corrected chi connectivity index (χ1v) is 3.79. The second-order valence-corrected chi connectivity index (χ2v) is 2.66. The summed E-state index contributed by atoms with van der Waals surface area (Å²) >= 11 is 0. The first kappa shape index (κ1) is 7.67. The number of nitrogen functional groups attached to an aromatic ring is 1. The highest BCUT2D eigenvalue weighted by Gasteiger charge is 2.11. The minimum atomic E-state index is -0.335. The van der Waals surface area contributed by atoms with Crippen LogP contribution in [0, 0.1) is 0 Å². The first-order valence-electron chi connectivity index (χ1n) is 3.79. The second kappa shape index (κ2) is 2.82. The molecule has 0 radical (unpaired) electrons. The van der Waals surface area contributed by atoms with Crippen molar-refractivity contribution < 1.29 is 4.79 Å². The van der Waals surface area contributed by atoms with Crippen LogP contribution in [0.4, 0.5) is 5.69 Å². The SMILES string of the molecule is Nc1ccccc1C1=CC(=O)N=N1. The van der Waals surface area contributed by atoms with Gasteiger partial charge in [-0.3, -0.25) is 4.79 Å². The Bertz CT molecular complexity index is 421. The number of azo groups is 1. The molecular formula is C9H7N3O. The minimum absolute atomic E-state index is 0.335. The number of hydrogen-bond donors (Lipinski definition) is 1. The van der Waals surface area contributed by atoms with E-state index in [9.17, 15) is 4.79 Å². The highest BCUT2D eigenvalue weighted by Crippen LogP contribution is 2.25. The molecule has 1 aromatic rings. The van der Waals surface area contributed by atoms with Crippen LogP contribution >= 0.6 is 0 Å². The zero-order valence-electron chi connectivity index (χ0n) is 6.77. The van der Waals surface area contributed by atoms with Crippen molar-refractivity contribution in [1.29, 1.82) is 0 Å². The van der Waals surface area contributed by atoms with Crippen molar-refractivity contribution in [2.45, 2.75) is 0 Å². The first-order chi connectivity index (χ1) is 6.27. The standard InChI is InChI=1S/C9H7N3O/c10-7-4-2-1-3-6(7)8-5-9(13)12-11-8/h1-5H,10H2. The number of carbonyl (C=O) groups excluding carboxylic acids is 1. The maximum Gasteiger partial charge on any atom is 0.290 e. The highest BCUT2D eigenvalue weighted by molar-refractivity contribution is 5.99. The summed E-state index contributed by atoms with van der Waals surface area (Å²) < 4.78 is 0. The molecule has 1 heterocycles.